The highest BCUT2D eigenvalue weighted by molar-refractivity contribution is 5.71. The molecule has 0 aliphatic rings. The fourth-order valence-electron chi connectivity index (χ4n) is 7.53. The van der Waals surface area contributed by atoms with E-state index in [1.807, 2.05) is 21.1 Å². The van der Waals surface area contributed by atoms with Crippen molar-refractivity contribution < 1.29 is 42.9 Å². The van der Waals surface area contributed by atoms with Gasteiger partial charge in [-0.3, -0.25) is 9.59 Å². The monoisotopic (exact) mass is 943 g/mol. The van der Waals surface area contributed by atoms with Crippen LogP contribution >= 0.6 is 0 Å². The first-order valence-corrected chi connectivity index (χ1v) is 27.5. The standard InChI is InChI=1S/C58H103NO8/c1-6-8-10-12-14-16-18-20-22-24-25-26-27-28-29-30-31-33-35-37-39-41-43-45-47-49-56(61)67-54(53-66-58(57(62)63)64-51-50-59(3,4)5)52-65-55(60)48-46-44-42-40-38-36-34-32-23-21-19-17-15-13-11-9-7-2/h8,10,14,16,20-23,25-26,54,58H,6-7,9,11-13,15,17-19,24,27-53H2,1-5H3/p+1/b10-8-,16-14-,22-20-,23-21-,26-25-. The zero-order valence-electron chi connectivity index (χ0n) is 44.1. The zero-order chi connectivity index (χ0) is 49.2. The largest absolute Gasteiger partial charge is 0.477 e. The second kappa shape index (κ2) is 49.4. The van der Waals surface area contributed by atoms with Gasteiger partial charge in [-0.2, -0.15) is 0 Å². The van der Waals surface area contributed by atoms with Gasteiger partial charge in [-0.15, -0.1) is 0 Å². The Balaban J connectivity index is 4.27. The minimum atomic E-state index is -1.51. The molecular formula is C58H104NO8+. The average Bonchev–Trinajstić information content (AvgIpc) is 3.29. The Kier molecular flexibility index (Phi) is 47.2. The number of ether oxygens (including phenoxy) is 4. The number of aliphatic carboxylic acids is 1. The lowest BCUT2D eigenvalue weighted by molar-refractivity contribution is -0.870. The molecule has 0 radical (unpaired) electrons. The SMILES string of the molecule is CC/C=C\C/C=C\C/C=C\C/C=C\CCCCCCCCCCCCCCC(=O)OC(COC(=O)CCCCCCCCC/C=C\CCCCCCCC)COC(OCC[N+](C)(C)C)C(=O)O. The van der Waals surface area contributed by atoms with Gasteiger partial charge in [0.05, 0.1) is 34.4 Å². The zero-order valence-corrected chi connectivity index (χ0v) is 44.1. The van der Waals surface area contributed by atoms with Crippen molar-refractivity contribution in [2.45, 2.75) is 245 Å². The Hall–Kier alpha value is -3.01. The summed E-state index contributed by atoms with van der Waals surface area (Å²) < 4.78 is 22.9. The number of esters is 2. The van der Waals surface area contributed by atoms with Crippen LogP contribution in [-0.4, -0.2) is 87.4 Å². The number of unbranched alkanes of at least 4 members (excludes halogenated alkanes) is 25. The molecule has 0 aromatic rings. The van der Waals surface area contributed by atoms with E-state index < -0.39 is 24.3 Å². The maximum atomic E-state index is 12.9. The molecule has 67 heavy (non-hydrogen) atoms. The van der Waals surface area contributed by atoms with Gasteiger partial charge in [0, 0.05) is 12.8 Å². The highest BCUT2D eigenvalue weighted by Crippen LogP contribution is 2.15. The van der Waals surface area contributed by atoms with Crippen LogP contribution in [0.25, 0.3) is 0 Å². The molecule has 1 N–H and O–H groups in total. The van der Waals surface area contributed by atoms with E-state index in [1.54, 1.807) is 0 Å². The smallest absolute Gasteiger partial charge is 0.361 e. The van der Waals surface area contributed by atoms with Gasteiger partial charge in [0.25, 0.3) is 6.29 Å². The molecule has 0 saturated carbocycles. The summed E-state index contributed by atoms with van der Waals surface area (Å²) in [6, 6.07) is 0. The number of rotatable bonds is 50. The molecule has 0 aliphatic heterocycles. The molecule has 9 heteroatoms. The van der Waals surface area contributed by atoms with E-state index in [0.29, 0.717) is 17.4 Å². The maximum absolute atomic E-state index is 12.9. The van der Waals surface area contributed by atoms with Crippen LogP contribution in [0.1, 0.15) is 232 Å². The molecular weight excluding hydrogens is 839 g/mol. The van der Waals surface area contributed by atoms with Crippen LogP contribution in [0.2, 0.25) is 0 Å². The number of nitrogens with zero attached hydrogens (tertiary/aromatic N) is 1. The molecule has 2 unspecified atom stereocenters. The number of quaternary nitrogens is 1. The van der Waals surface area contributed by atoms with Crippen molar-refractivity contribution in [2.24, 2.45) is 0 Å². The van der Waals surface area contributed by atoms with Crippen molar-refractivity contribution in [3.05, 3.63) is 60.8 Å². The molecule has 0 amide bonds. The second-order valence-electron chi connectivity index (χ2n) is 19.5. The van der Waals surface area contributed by atoms with Gasteiger partial charge in [0.1, 0.15) is 13.2 Å². The van der Waals surface area contributed by atoms with E-state index in [2.05, 4.69) is 74.6 Å². The minimum Gasteiger partial charge on any atom is -0.477 e. The van der Waals surface area contributed by atoms with Gasteiger partial charge in [-0.25, -0.2) is 4.79 Å². The van der Waals surface area contributed by atoms with E-state index in [0.717, 1.165) is 70.6 Å². The van der Waals surface area contributed by atoms with Gasteiger partial charge >= 0.3 is 17.9 Å². The molecule has 0 bridgehead atoms. The van der Waals surface area contributed by atoms with Gasteiger partial charge in [0.2, 0.25) is 0 Å². The predicted molar refractivity (Wildman–Crippen MR) is 281 cm³/mol. The fourth-order valence-corrected chi connectivity index (χ4v) is 7.53. The summed E-state index contributed by atoms with van der Waals surface area (Å²) in [5.41, 5.74) is 0. The first kappa shape index (κ1) is 64.0. The number of carboxylic acids is 1. The number of carboxylic acid groups (broad SMARTS) is 1. The molecule has 0 aliphatic carbocycles. The van der Waals surface area contributed by atoms with Crippen LogP contribution in [0.5, 0.6) is 0 Å². The van der Waals surface area contributed by atoms with Crippen molar-refractivity contribution in [3.8, 4) is 0 Å². The van der Waals surface area contributed by atoms with Gasteiger partial charge in [-0.05, 0) is 77.0 Å². The first-order chi connectivity index (χ1) is 32.6. The topological polar surface area (TPSA) is 108 Å². The minimum absolute atomic E-state index is 0.185. The Morgan fingerprint density at radius 3 is 1.28 bits per heavy atom. The Morgan fingerprint density at radius 2 is 0.851 bits per heavy atom. The van der Waals surface area contributed by atoms with Gasteiger partial charge in [-0.1, -0.05) is 203 Å². The van der Waals surface area contributed by atoms with Crippen molar-refractivity contribution >= 4 is 17.9 Å². The third kappa shape index (κ3) is 50.7. The molecule has 0 fully saturated rings. The fraction of sp³-hybridized carbons (Fsp3) is 0.776. The lowest BCUT2D eigenvalue weighted by atomic mass is 10.0. The number of hydrogen-bond acceptors (Lipinski definition) is 7. The van der Waals surface area contributed by atoms with E-state index >= 15 is 0 Å². The summed E-state index contributed by atoms with van der Waals surface area (Å²) in [6.07, 6.45) is 58.6. The van der Waals surface area contributed by atoms with Gasteiger partial charge in [0.15, 0.2) is 6.10 Å². The number of likely N-dealkylation sites (N-methyl/N-ethyl adjacent to an activating group) is 1. The van der Waals surface area contributed by atoms with Crippen molar-refractivity contribution in [3.63, 3.8) is 0 Å². The third-order valence-electron chi connectivity index (χ3n) is 11.8. The van der Waals surface area contributed by atoms with Crippen LogP contribution in [0, 0.1) is 0 Å². The first-order valence-electron chi connectivity index (χ1n) is 27.5. The molecule has 388 valence electrons. The Morgan fingerprint density at radius 1 is 0.463 bits per heavy atom. The molecule has 9 nitrogen and oxygen atoms in total. The van der Waals surface area contributed by atoms with Gasteiger partial charge < -0.3 is 28.5 Å². The number of carbonyl (C=O) groups is 3. The summed E-state index contributed by atoms with van der Waals surface area (Å²) in [4.78, 5) is 37.4. The summed E-state index contributed by atoms with van der Waals surface area (Å²) in [5.74, 6) is -2.01. The number of hydrogen-bond donors (Lipinski definition) is 1. The normalized spacial score (nSPS) is 13.3. The average molecular weight is 943 g/mol. The van der Waals surface area contributed by atoms with Crippen LogP contribution in [0.15, 0.2) is 60.8 Å². The maximum Gasteiger partial charge on any atom is 0.361 e. The van der Waals surface area contributed by atoms with Crippen LogP contribution in [-0.2, 0) is 33.3 Å². The number of allylic oxidation sites excluding steroid dienone is 10. The summed E-state index contributed by atoms with van der Waals surface area (Å²) >= 11 is 0. The lowest BCUT2D eigenvalue weighted by Crippen LogP contribution is -2.40. The van der Waals surface area contributed by atoms with Crippen molar-refractivity contribution in [1.82, 2.24) is 0 Å². The molecule has 0 spiro atoms. The van der Waals surface area contributed by atoms with E-state index in [1.165, 1.54) is 135 Å². The van der Waals surface area contributed by atoms with Crippen molar-refractivity contribution in [1.29, 1.82) is 0 Å². The lowest BCUT2D eigenvalue weighted by Gasteiger charge is -2.25. The van der Waals surface area contributed by atoms with Crippen molar-refractivity contribution in [2.75, 3.05) is 47.5 Å². The van der Waals surface area contributed by atoms with Crippen LogP contribution in [0.4, 0.5) is 0 Å². The highest BCUT2D eigenvalue weighted by Gasteiger charge is 2.25. The Labute approximate surface area is 412 Å². The summed E-state index contributed by atoms with van der Waals surface area (Å²) in [7, 11) is 5.96. The van der Waals surface area contributed by atoms with E-state index in [-0.39, 0.29) is 32.2 Å². The molecule has 0 aromatic heterocycles. The highest BCUT2D eigenvalue weighted by atomic mass is 16.7. The predicted octanol–water partition coefficient (Wildman–Crippen LogP) is 15.7. The van der Waals surface area contributed by atoms with Crippen LogP contribution < -0.4 is 0 Å². The Bertz CT molecular complexity index is 1280. The molecule has 0 rings (SSSR count). The van der Waals surface area contributed by atoms with E-state index in [9.17, 15) is 19.5 Å². The molecule has 0 aromatic carbocycles. The third-order valence-corrected chi connectivity index (χ3v) is 11.8. The second-order valence-corrected chi connectivity index (χ2v) is 19.5. The molecule has 0 saturated heterocycles. The van der Waals surface area contributed by atoms with E-state index in [4.69, 9.17) is 18.9 Å². The summed E-state index contributed by atoms with van der Waals surface area (Å²) in [5, 5.41) is 9.69. The summed E-state index contributed by atoms with van der Waals surface area (Å²) in [6.45, 7) is 4.77. The molecule has 2 atom stereocenters. The quantitative estimate of drug-likeness (QED) is 0.0211. The number of carbonyl (C=O) groups excluding carboxylic acids is 2. The molecule has 0 heterocycles. The van der Waals surface area contributed by atoms with Crippen LogP contribution in [0.3, 0.4) is 0 Å².